The molecule has 0 radical (unpaired) electrons. The number of rotatable bonds is 5. The van der Waals surface area contributed by atoms with Gasteiger partial charge in [0.15, 0.2) is 0 Å². The van der Waals surface area contributed by atoms with E-state index >= 15 is 0 Å². The van der Waals surface area contributed by atoms with E-state index in [2.05, 4.69) is 13.8 Å². The van der Waals surface area contributed by atoms with Crippen molar-refractivity contribution in [1.82, 2.24) is 4.90 Å². The molecule has 0 unspecified atom stereocenters. The second-order valence-electron chi connectivity index (χ2n) is 4.74. The Morgan fingerprint density at radius 3 is 2.31 bits per heavy atom. The highest BCUT2D eigenvalue weighted by Gasteiger charge is 2.26. The largest absolute Gasteiger partial charge is 0.384 e. The van der Waals surface area contributed by atoms with Crippen molar-refractivity contribution in [2.45, 2.75) is 39.5 Å². The minimum Gasteiger partial charge on any atom is -0.384 e. The van der Waals surface area contributed by atoms with Crippen LogP contribution in [-0.4, -0.2) is 37.6 Å². The van der Waals surface area contributed by atoms with E-state index in [0.29, 0.717) is 11.8 Å². The summed E-state index contributed by atoms with van der Waals surface area (Å²) in [6, 6.07) is 0. The summed E-state index contributed by atoms with van der Waals surface area (Å²) in [4.78, 5) is 14.2. The van der Waals surface area contributed by atoms with Crippen LogP contribution >= 0.6 is 0 Å². The molecular formula is C13H25NO2. The van der Waals surface area contributed by atoms with Crippen LogP contribution in [0.15, 0.2) is 0 Å². The van der Waals surface area contributed by atoms with Crippen LogP contribution in [0.3, 0.4) is 0 Å². The van der Waals surface area contributed by atoms with Crippen molar-refractivity contribution in [1.29, 1.82) is 0 Å². The molecule has 1 aliphatic heterocycles. The average Bonchev–Trinajstić information content (AvgIpc) is 2.32. The number of nitrogens with zero attached hydrogens (tertiary/aromatic N) is 1. The van der Waals surface area contributed by atoms with Gasteiger partial charge >= 0.3 is 0 Å². The van der Waals surface area contributed by atoms with Crippen LogP contribution in [0.5, 0.6) is 0 Å². The maximum Gasteiger partial charge on any atom is 0.225 e. The molecule has 0 saturated carbocycles. The third kappa shape index (κ3) is 3.48. The lowest BCUT2D eigenvalue weighted by atomic mass is 9.95. The Bertz CT molecular complexity index is 206. The maximum atomic E-state index is 12.1. The number of hydrogen-bond acceptors (Lipinski definition) is 2. The summed E-state index contributed by atoms with van der Waals surface area (Å²) in [7, 11) is 1.75. The van der Waals surface area contributed by atoms with E-state index in [4.69, 9.17) is 4.74 Å². The topological polar surface area (TPSA) is 29.5 Å². The minimum atomic E-state index is 0.235. The van der Waals surface area contributed by atoms with Crippen molar-refractivity contribution in [3.63, 3.8) is 0 Å². The molecule has 1 rings (SSSR count). The molecule has 16 heavy (non-hydrogen) atoms. The molecule has 1 heterocycles. The molecule has 1 fully saturated rings. The van der Waals surface area contributed by atoms with Crippen molar-refractivity contribution in [3.05, 3.63) is 0 Å². The van der Waals surface area contributed by atoms with Crippen LogP contribution in [0.1, 0.15) is 39.5 Å². The van der Waals surface area contributed by atoms with Crippen molar-refractivity contribution in [2.75, 3.05) is 26.8 Å². The first-order valence-electron chi connectivity index (χ1n) is 6.50. The second-order valence-corrected chi connectivity index (χ2v) is 4.74. The molecule has 1 amide bonds. The van der Waals surface area contributed by atoms with Crippen LogP contribution in [0.2, 0.25) is 0 Å². The van der Waals surface area contributed by atoms with E-state index in [-0.39, 0.29) is 5.92 Å². The van der Waals surface area contributed by atoms with Gasteiger partial charge in [-0.3, -0.25) is 4.79 Å². The SMILES string of the molecule is CCC(CC)C(=O)N1CCC(COC)CC1. The lowest BCUT2D eigenvalue weighted by Gasteiger charge is -2.33. The average molecular weight is 227 g/mol. The first kappa shape index (κ1) is 13.5. The van der Waals surface area contributed by atoms with Crippen LogP contribution in [0, 0.1) is 11.8 Å². The van der Waals surface area contributed by atoms with E-state index in [1.54, 1.807) is 7.11 Å². The number of amides is 1. The summed E-state index contributed by atoms with van der Waals surface area (Å²) in [6.45, 7) is 6.88. The van der Waals surface area contributed by atoms with Crippen molar-refractivity contribution in [3.8, 4) is 0 Å². The number of methoxy groups -OCH3 is 1. The molecule has 94 valence electrons. The predicted molar refractivity (Wildman–Crippen MR) is 65.3 cm³/mol. The molecule has 0 N–H and O–H groups in total. The van der Waals surface area contributed by atoms with Gasteiger partial charge in [-0.05, 0) is 31.6 Å². The van der Waals surface area contributed by atoms with Gasteiger partial charge in [-0.15, -0.1) is 0 Å². The Kier molecular flexibility index (Phi) is 5.81. The van der Waals surface area contributed by atoms with E-state index < -0.39 is 0 Å². The molecule has 0 aromatic rings. The Balaban J connectivity index is 2.38. The second kappa shape index (κ2) is 6.89. The molecular weight excluding hydrogens is 202 g/mol. The van der Waals surface area contributed by atoms with Crippen molar-refractivity contribution in [2.24, 2.45) is 11.8 Å². The van der Waals surface area contributed by atoms with Crippen LogP contribution in [-0.2, 0) is 9.53 Å². The van der Waals surface area contributed by atoms with Crippen LogP contribution in [0.4, 0.5) is 0 Å². The van der Waals surface area contributed by atoms with E-state index in [0.717, 1.165) is 45.4 Å². The minimum absolute atomic E-state index is 0.235. The number of likely N-dealkylation sites (tertiary alicyclic amines) is 1. The summed E-state index contributed by atoms with van der Waals surface area (Å²) in [5.74, 6) is 1.25. The fourth-order valence-corrected chi connectivity index (χ4v) is 2.45. The number of piperidine rings is 1. The first-order valence-corrected chi connectivity index (χ1v) is 6.50. The monoisotopic (exact) mass is 227 g/mol. The smallest absolute Gasteiger partial charge is 0.225 e. The highest BCUT2D eigenvalue weighted by Crippen LogP contribution is 2.20. The predicted octanol–water partition coefficient (Wildman–Crippen LogP) is 2.31. The van der Waals surface area contributed by atoms with E-state index in [9.17, 15) is 4.79 Å². The molecule has 0 atom stereocenters. The Hall–Kier alpha value is -0.570. The van der Waals surface area contributed by atoms with Gasteiger partial charge in [0.25, 0.3) is 0 Å². The van der Waals surface area contributed by atoms with Gasteiger partial charge < -0.3 is 9.64 Å². The number of carbonyl (C=O) groups excluding carboxylic acids is 1. The number of hydrogen-bond donors (Lipinski definition) is 0. The highest BCUT2D eigenvalue weighted by molar-refractivity contribution is 5.78. The van der Waals surface area contributed by atoms with Gasteiger partial charge in [0, 0.05) is 32.7 Å². The molecule has 3 heteroatoms. The Morgan fingerprint density at radius 2 is 1.88 bits per heavy atom. The standard InChI is InChI=1S/C13H25NO2/c1-4-12(5-2)13(15)14-8-6-11(7-9-14)10-16-3/h11-12H,4-10H2,1-3H3. The normalized spacial score (nSPS) is 18.1. The zero-order chi connectivity index (χ0) is 12.0. The Morgan fingerprint density at radius 1 is 1.31 bits per heavy atom. The molecule has 0 aliphatic carbocycles. The van der Waals surface area contributed by atoms with E-state index in [1.807, 2.05) is 4.90 Å². The molecule has 0 aromatic heterocycles. The molecule has 0 aromatic carbocycles. The molecule has 1 aliphatic rings. The third-order valence-corrected chi connectivity index (χ3v) is 3.66. The van der Waals surface area contributed by atoms with Gasteiger partial charge in [-0.2, -0.15) is 0 Å². The zero-order valence-corrected chi connectivity index (χ0v) is 10.9. The molecule has 0 spiro atoms. The summed E-state index contributed by atoms with van der Waals surface area (Å²) in [6.07, 6.45) is 4.13. The van der Waals surface area contributed by atoms with Gasteiger partial charge in [0.2, 0.25) is 5.91 Å². The van der Waals surface area contributed by atoms with Gasteiger partial charge in [0.05, 0.1) is 0 Å². The van der Waals surface area contributed by atoms with Crippen LogP contribution < -0.4 is 0 Å². The zero-order valence-electron chi connectivity index (χ0n) is 10.9. The summed E-state index contributed by atoms with van der Waals surface area (Å²) >= 11 is 0. The van der Waals surface area contributed by atoms with E-state index in [1.165, 1.54) is 0 Å². The first-order chi connectivity index (χ1) is 7.72. The van der Waals surface area contributed by atoms with Crippen LogP contribution in [0.25, 0.3) is 0 Å². The Labute approximate surface area is 99.1 Å². The molecule has 3 nitrogen and oxygen atoms in total. The summed E-state index contributed by atoms with van der Waals surface area (Å²) in [5, 5.41) is 0. The molecule has 0 bridgehead atoms. The number of carbonyl (C=O) groups is 1. The van der Waals surface area contributed by atoms with Gasteiger partial charge in [0.1, 0.15) is 0 Å². The van der Waals surface area contributed by atoms with Crippen molar-refractivity contribution < 1.29 is 9.53 Å². The molecule has 1 saturated heterocycles. The fraction of sp³-hybridized carbons (Fsp3) is 0.923. The van der Waals surface area contributed by atoms with Crippen molar-refractivity contribution >= 4 is 5.91 Å². The van der Waals surface area contributed by atoms with Gasteiger partial charge in [-0.25, -0.2) is 0 Å². The summed E-state index contributed by atoms with van der Waals surface area (Å²) in [5.41, 5.74) is 0. The lowest BCUT2D eigenvalue weighted by Crippen LogP contribution is -2.42. The quantitative estimate of drug-likeness (QED) is 0.721. The number of ether oxygens (including phenoxy) is 1. The third-order valence-electron chi connectivity index (χ3n) is 3.66. The fourth-order valence-electron chi connectivity index (χ4n) is 2.45. The van der Waals surface area contributed by atoms with Gasteiger partial charge in [-0.1, -0.05) is 13.8 Å². The summed E-state index contributed by atoms with van der Waals surface area (Å²) < 4.78 is 5.16. The maximum absolute atomic E-state index is 12.1. The highest BCUT2D eigenvalue weighted by atomic mass is 16.5. The lowest BCUT2D eigenvalue weighted by molar-refractivity contribution is -0.137.